The Morgan fingerprint density at radius 1 is 1.29 bits per heavy atom. The molecule has 1 aliphatic rings. The monoisotopic (exact) mass is 311 g/mol. The standard InChI is InChI=1S/C15H21NO4S/c1-3-20-14(17)15(10-16)12(11-8-6-5-7-9-11)13(15)21(18,19)4-2/h5-9,12-13H,3-4,10,16H2,1-2H3/t12-,13+,15+/m1/s1. The summed E-state index contributed by atoms with van der Waals surface area (Å²) in [6.07, 6.45) is 0. The van der Waals surface area contributed by atoms with Crippen molar-refractivity contribution in [3.63, 3.8) is 0 Å². The number of nitrogens with two attached hydrogens (primary N) is 1. The highest BCUT2D eigenvalue weighted by molar-refractivity contribution is 7.92. The maximum Gasteiger partial charge on any atom is 0.315 e. The first-order valence-corrected chi connectivity index (χ1v) is 8.81. The molecule has 6 heteroatoms. The maximum absolute atomic E-state index is 12.4. The van der Waals surface area contributed by atoms with E-state index in [0.29, 0.717) is 0 Å². The smallest absolute Gasteiger partial charge is 0.315 e. The molecule has 0 aliphatic heterocycles. The lowest BCUT2D eigenvalue weighted by Gasteiger charge is -2.14. The Labute approximate surface area is 125 Å². The van der Waals surface area contributed by atoms with E-state index in [1.54, 1.807) is 13.8 Å². The van der Waals surface area contributed by atoms with Crippen LogP contribution in [0.15, 0.2) is 30.3 Å². The third-order valence-electron chi connectivity index (χ3n) is 4.20. The van der Waals surface area contributed by atoms with Crippen molar-refractivity contribution in [1.82, 2.24) is 0 Å². The van der Waals surface area contributed by atoms with Gasteiger partial charge in [0, 0.05) is 18.2 Å². The highest BCUT2D eigenvalue weighted by Crippen LogP contribution is 2.63. The summed E-state index contributed by atoms with van der Waals surface area (Å²) in [6, 6.07) is 9.17. The third kappa shape index (κ3) is 2.46. The van der Waals surface area contributed by atoms with Crippen molar-refractivity contribution in [3.8, 4) is 0 Å². The van der Waals surface area contributed by atoms with Crippen molar-refractivity contribution in [2.24, 2.45) is 11.1 Å². The molecule has 1 aromatic rings. The molecule has 5 nitrogen and oxygen atoms in total. The number of sulfone groups is 1. The van der Waals surface area contributed by atoms with Crippen molar-refractivity contribution in [2.45, 2.75) is 25.0 Å². The summed E-state index contributed by atoms with van der Waals surface area (Å²) in [4.78, 5) is 12.3. The van der Waals surface area contributed by atoms with Crippen LogP contribution in [0.3, 0.4) is 0 Å². The SMILES string of the molecule is CCOC(=O)[C@@]1(CN)[C@H](c2ccccc2)[C@@H]1S(=O)(=O)CC. The van der Waals surface area contributed by atoms with E-state index in [2.05, 4.69) is 0 Å². The highest BCUT2D eigenvalue weighted by Gasteiger charge is 2.74. The van der Waals surface area contributed by atoms with Crippen molar-refractivity contribution < 1.29 is 17.9 Å². The lowest BCUT2D eigenvalue weighted by molar-refractivity contribution is -0.149. The van der Waals surface area contributed by atoms with E-state index in [9.17, 15) is 13.2 Å². The summed E-state index contributed by atoms with van der Waals surface area (Å²) >= 11 is 0. The second kappa shape index (κ2) is 5.77. The quantitative estimate of drug-likeness (QED) is 0.795. The minimum atomic E-state index is -3.39. The van der Waals surface area contributed by atoms with Crippen molar-refractivity contribution >= 4 is 15.8 Å². The van der Waals surface area contributed by atoms with Crippen molar-refractivity contribution in [3.05, 3.63) is 35.9 Å². The first kappa shape index (κ1) is 16.0. The van der Waals surface area contributed by atoms with Gasteiger partial charge in [0.1, 0.15) is 5.41 Å². The van der Waals surface area contributed by atoms with Gasteiger partial charge < -0.3 is 10.5 Å². The lowest BCUT2D eigenvalue weighted by atomic mass is 9.99. The summed E-state index contributed by atoms with van der Waals surface area (Å²) in [6.45, 7) is 3.46. The van der Waals surface area contributed by atoms with Crippen LogP contribution in [0.4, 0.5) is 0 Å². The predicted octanol–water partition coefficient (Wildman–Crippen LogP) is 1.10. The number of hydrogen-bond acceptors (Lipinski definition) is 5. The second-order valence-corrected chi connectivity index (χ2v) is 7.64. The molecule has 0 amide bonds. The summed E-state index contributed by atoms with van der Waals surface area (Å²) < 4.78 is 29.8. The Morgan fingerprint density at radius 2 is 1.90 bits per heavy atom. The molecule has 0 heterocycles. The molecule has 0 spiro atoms. The Bertz CT molecular complexity index is 614. The van der Waals surface area contributed by atoms with Gasteiger partial charge in [0.05, 0.1) is 11.9 Å². The average molecular weight is 311 g/mol. The van der Waals surface area contributed by atoms with Crippen LogP contribution in [0.5, 0.6) is 0 Å². The zero-order chi connectivity index (χ0) is 15.7. The third-order valence-corrected chi connectivity index (χ3v) is 6.47. The van der Waals surface area contributed by atoms with Crippen LogP contribution < -0.4 is 5.73 Å². The first-order valence-electron chi connectivity index (χ1n) is 7.09. The van der Waals surface area contributed by atoms with Crippen LogP contribution in [-0.4, -0.2) is 38.5 Å². The molecule has 1 aliphatic carbocycles. The molecule has 21 heavy (non-hydrogen) atoms. The average Bonchev–Trinajstić information content (AvgIpc) is 3.20. The normalized spacial score (nSPS) is 28.1. The van der Waals surface area contributed by atoms with E-state index in [0.717, 1.165) is 5.56 Å². The van der Waals surface area contributed by atoms with Crippen LogP contribution in [0.25, 0.3) is 0 Å². The van der Waals surface area contributed by atoms with Crippen LogP contribution in [0.1, 0.15) is 25.3 Å². The van der Waals surface area contributed by atoms with Gasteiger partial charge in [-0.1, -0.05) is 37.3 Å². The van der Waals surface area contributed by atoms with Gasteiger partial charge in [-0.2, -0.15) is 0 Å². The fraction of sp³-hybridized carbons (Fsp3) is 0.533. The van der Waals surface area contributed by atoms with Gasteiger partial charge in [0.15, 0.2) is 9.84 Å². The molecule has 2 rings (SSSR count). The van der Waals surface area contributed by atoms with E-state index in [1.807, 2.05) is 30.3 Å². The van der Waals surface area contributed by atoms with Gasteiger partial charge in [0.2, 0.25) is 0 Å². The second-order valence-electron chi connectivity index (χ2n) is 5.23. The maximum atomic E-state index is 12.4. The number of carbonyl (C=O) groups excluding carboxylic acids is 1. The van der Waals surface area contributed by atoms with Gasteiger partial charge in [-0.25, -0.2) is 8.42 Å². The fourth-order valence-corrected chi connectivity index (χ4v) is 5.15. The molecule has 0 aromatic heterocycles. The number of esters is 1. The molecule has 0 bridgehead atoms. The molecule has 1 fully saturated rings. The van der Waals surface area contributed by atoms with E-state index < -0.39 is 32.4 Å². The molecule has 1 saturated carbocycles. The Morgan fingerprint density at radius 3 is 2.38 bits per heavy atom. The molecule has 0 saturated heterocycles. The molecular weight excluding hydrogens is 290 g/mol. The largest absolute Gasteiger partial charge is 0.465 e. The Balaban J connectivity index is 2.48. The Kier molecular flexibility index (Phi) is 4.39. The number of rotatable bonds is 6. The molecule has 116 valence electrons. The molecular formula is C15H21NO4S. The number of benzene rings is 1. The van der Waals surface area contributed by atoms with Crippen LogP contribution >= 0.6 is 0 Å². The number of hydrogen-bond donors (Lipinski definition) is 1. The predicted molar refractivity (Wildman–Crippen MR) is 80.6 cm³/mol. The zero-order valence-electron chi connectivity index (χ0n) is 12.3. The lowest BCUT2D eigenvalue weighted by Crippen LogP contribution is -2.34. The fourth-order valence-electron chi connectivity index (χ4n) is 3.08. The number of ether oxygens (including phenoxy) is 1. The summed E-state index contributed by atoms with van der Waals surface area (Å²) in [5, 5.41) is -0.790. The summed E-state index contributed by atoms with van der Waals surface area (Å²) in [5.41, 5.74) is 5.48. The van der Waals surface area contributed by atoms with Gasteiger partial charge in [-0.05, 0) is 12.5 Å². The van der Waals surface area contributed by atoms with Crippen LogP contribution in [0.2, 0.25) is 0 Å². The molecule has 0 radical (unpaired) electrons. The molecule has 3 atom stereocenters. The van der Waals surface area contributed by atoms with E-state index >= 15 is 0 Å². The van der Waals surface area contributed by atoms with Crippen molar-refractivity contribution in [2.75, 3.05) is 18.9 Å². The Hall–Kier alpha value is -1.40. The molecule has 2 N–H and O–H groups in total. The topological polar surface area (TPSA) is 86.5 Å². The van der Waals surface area contributed by atoms with Gasteiger partial charge in [-0.15, -0.1) is 0 Å². The van der Waals surface area contributed by atoms with Gasteiger partial charge in [0.25, 0.3) is 0 Å². The highest BCUT2D eigenvalue weighted by atomic mass is 32.2. The molecule has 0 unspecified atom stereocenters. The van der Waals surface area contributed by atoms with Gasteiger partial charge in [-0.3, -0.25) is 4.79 Å². The van der Waals surface area contributed by atoms with Crippen LogP contribution in [-0.2, 0) is 19.4 Å². The summed E-state index contributed by atoms with van der Waals surface area (Å²) in [7, 11) is -3.39. The summed E-state index contributed by atoms with van der Waals surface area (Å²) in [5.74, 6) is -0.946. The zero-order valence-corrected chi connectivity index (χ0v) is 13.1. The van der Waals surface area contributed by atoms with Crippen LogP contribution in [0, 0.1) is 5.41 Å². The van der Waals surface area contributed by atoms with Crippen molar-refractivity contribution in [1.29, 1.82) is 0 Å². The van der Waals surface area contributed by atoms with E-state index in [-0.39, 0.29) is 18.9 Å². The van der Waals surface area contributed by atoms with E-state index in [4.69, 9.17) is 10.5 Å². The minimum absolute atomic E-state index is 0.0118. The first-order chi connectivity index (χ1) is 9.95. The van der Waals surface area contributed by atoms with E-state index in [1.165, 1.54) is 0 Å². The number of carbonyl (C=O) groups is 1. The minimum Gasteiger partial charge on any atom is -0.465 e. The van der Waals surface area contributed by atoms with Gasteiger partial charge >= 0.3 is 5.97 Å². The molecule has 1 aromatic carbocycles.